The molecule has 0 saturated carbocycles. The maximum absolute atomic E-state index is 15.1. The van der Waals surface area contributed by atoms with Crippen molar-refractivity contribution in [2.75, 3.05) is 10.7 Å². The fraction of sp³-hybridized carbons (Fsp3) is 0.125. The van der Waals surface area contributed by atoms with Gasteiger partial charge >= 0.3 is 0 Å². The van der Waals surface area contributed by atoms with E-state index in [9.17, 15) is 9.60 Å². The molecule has 2 aromatic heterocycles. The van der Waals surface area contributed by atoms with Crippen LogP contribution in [0.4, 0.5) is 14.5 Å². The Bertz CT molecular complexity index is 1300. The Labute approximate surface area is 204 Å². The van der Waals surface area contributed by atoms with Gasteiger partial charge in [0.1, 0.15) is 5.69 Å². The van der Waals surface area contributed by atoms with E-state index in [-0.39, 0.29) is 22.9 Å². The zero-order valence-electron chi connectivity index (χ0n) is 18.3. The monoisotopic (exact) mass is 498 g/mol. The first kappa shape index (κ1) is 23.9. The van der Waals surface area contributed by atoms with Crippen LogP contribution in [0.2, 0.25) is 0 Å². The van der Waals surface area contributed by atoms with Crippen molar-refractivity contribution in [2.45, 2.75) is 17.8 Å². The summed E-state index contributed by atoms with van der Waals surface area (Å²) in [5.41, 5.74) is 1.96. The van der Waals surface area contributed by atoms with Crippen LogP contribution in [-0.4, -0.2) is 26.4 Å². The molecule has 4 aromatic rings. The van der Waals surface area contributed by atoms with E-state index < -0.39 is 11.6 Å². The topological polar surface area (TPSA) is 71.4 Å². The highest BCUT2D eigenvalue weighted by Gasteiger charge is 2.23. The fourth-order valence-electron chi connectivity index (χ4n) is 3.12. The van der Waals surface area contributed by atoms with Crippen LogP contribution in [0.5, 0.6) is 11.6 Å². The van der Waals surface area contributed by atoms with E-state index in [1.165, 1.54) is 24.0 Å². The summed E-state index contributed by atoms with van der Waals surface area (Å²) >= 11 is 2.32. The molecule has 6 nitrogen and oxygen atoms in total. The number of anilines is 1. The number of thioether (sulfide) groups is 1. The minimum atomic E-state index is -1.23. The van der Waals surface area contributed by atoms with Crippen LogP contribution in [0.15, 0.2) is 72.1 Å². The van der Waals surface area contributed by atoms with E-state index in [1.54, 1.807) is 31.3 Å². The lowest BCUT2D eigenvalue weighted by Gasteiger charge is -2.19. The van der Waals surface area contributed by atoms with Gasteiger partial charge in [-0.3, -0.25) is 5.21 Å². The lowest BCUT2D eigenvalue weighted by molar-refractivity contribution is 0.323. The van der Waals surface area contributed by atoms with Gasteiger partial charge in [-0.25, -0.2) is 19.3 Å². The molecule has 0 saturated heterocycles. The van der Waals surface area contributed by atoms with Crippen molar-refractivity contribution < 1.29 is 18.7 Å². The fourth-order valence-corrected chi connectivity index (χ4v) is 4.21. The number of rotatable bonds is 8. The number of aromatic nitrogens is 3. The maximum atomic E-state index is 15.1. The summed E-state index contributed by atoms with van der Waals surface area (Å²) in [4.78, 5) is 12.8. The number of pyridine rings is 1. The Kier molecular flexibility index (Phi) is 7.61. The summed E-state index contributed by atoms with van der Waals surface area (Å²) in [5, 5.41) is 10.9. The quantitative estimate of drug-likeness (QED) is 0.125. The molecule has 0 radical (unpaired) electrons. The molecule has 0 bridgehead atoms. The zero-order chi connectivity index (χ0) is 24.1. The lowest BCUT2D eigenvalue weighted by Crippen LogP contribution is -2.12. The van der Waals surface area contributed by atoms with Crippen molar-refractivity contribution in [3.05, 3.63) is 89.8 Å². The average Bonchev–Trinajstić information content (AvgIpc) is 2.88. The minimum Gasteiger partial charge on any atom is -0.435 e. The molecular weight excluding hydrogens is 478 g/mol. The molecule has 10 heteroatoms. The van der Waals surface area contributed by atoms with Gasteiger partial charge in [0, 0.05) is 18.1 Å². The summed E-state index contributed by atoms with van der Waals surface area (Å²) in [6.45, 7) is 1.57. The number of halogens is 2. The molecule has 0 aliphatic carbocycles. The molecule has 2 aromatic carbocycles. The van der Waals surface area contributed by atoms with E-state index in [1.807, 2.05) is 36.6 Å². The average molecular weight is 499 g/mol. The highest BCUT2D eigenvalue weighted by molar-refractivity contribution is 7.99. The molecule has 34 heavy (non-hydrogen) atoms. The smallest absolute Gasteiger partial charge is 0.228 e. The predicted molar refractivity (Wildman–Crippen MR) is 130 cm³/mol. The molecule has 0 spiro atoms. The Morgan fingerprint density at radius 3 is 2.56 bits per heavy atom. The van der Waals surface area contributed by atoms with E-state index in [0.717, 1.165) is 17.5 Å². The molecule has 0 amide bonds. The van der Waals surface area contributed by atoms with E-state index in [4.69, 9.17) is 4.74 Å². The summed E-state index contributed by atoms with van der Waals surface area (Å²) < 4.78 is 36.4. The van der Waals surface area contributed by atoms with Gasteiger partial charge < -0.3 is 4.74 Å². The van der Waals surface area contributed by atoms with Crippen molar-refractivity contribution in [3.8, 4) is 22.9 Å². The Balaban J connectivity index is 1.61. The van der Waals surface area contributed by atoms with Crippen molar-refractivity contribution in [1.82, 2.24) is 15.0 Å². The van der Waals surface area contributed by atoms with Gasteiger partial charge in [-0.2, -0.15) is 8.86 Å². The third-order valence-corrected chi connectivity index (χ3v) is 6.26. The van der Waals surface area contributed by atoms with Crippen LogP contribution in [0.3, 0.4) is 0 Å². The van der Waals surface area contributed by atoms with Crippen LogP contribution >= 0.6 is 23.7 Å². The zero-order valence-corrected chi connectivity index (χ0v) is 19.9. The van der Waals surface area contributed by atoms with E-state index in [2.05, 4.69) is 15.0 Å². The SMILES string of the molecule is CSc1nccc(-c2cccnc2Oc2c(C)cc(N(O)SCc3ccccc3)c(F)c2F)n1. The third kappa shape index (κ3) is 5.30. The van der Waals surface area contributed by atoms with Crippen molar-refractivity contribution >= 4 is 29.4 Å². The molecular formula is C24H20F2N4O2S2. The first-order valence-electron chi connectivity index (χ1n) is 10.1. The highest BCUT2D eigenvalue weighted by atomic mass is 32.2. The van der Waals surface area contributed by atoms with Crippen LogP contribution in [0.1, 0.15) is 11.1 Å². The van der Waals surface area contributed by atoms with Crippen LogP contribution < -0.4 is 9.21 Å². The maximum Gasteiger partial charge on any atom is 0.228 e. The largest absolute Gasteiger partial charge is 0.435 e. The molecule has 0 unspecified atom stereocenters. The normalized spacial score (nSPS) is 10.9. The van der Waals surface area contributed by atoms with Crippen molar-refractivity contribution in [2.24, 2.45) is 0 Å². The molecule has 4 rings (SSSR count). The van der Waals surface area contributed by atoms with Gasteiger partial charge in [0.15, 0.2) is 16.7 Å². The second-order valence-corrected chi connectivity index (χ2v) is 8.75. The predicted octanol–water partition coefficient (Wildman–Crippen LogP) is 6.68. The third-order valence-electron chi connectivity index (χ3n) is 4.79. The summed E-state index contributed by atoms with van der Waals surface area (Å²) in [7, 11) is 0. The van der Waals surface area contributed by atoms with Crippen LogP contribution in [0.25, 0.3) is 11.3 Å². The molecule has 174 valence electrons. The van der Waals surface area contributed by atoms with Gasteiger partial charge in [0.2, 0.25) is 11.7 Å². The van der Waals surface area contributed by atoms with Crippen LogP contribution in [-0.2, 0) is 5.75 Å². The molecule has 0 aliphatic rings. The second kappa shape index (κ2) is 10.8. The van der Waals surface area contributed by atoms with Gasteiger partial charge in [-0.05, 0) is 60.5 Å². The molecule has 0 aliphatic heterocycles. The number of hydrogen-bond donors (Lipinski definition) is 1. The van der Waals surface area contributed by atoms with Gasteiger partial charge in [0.05, 0.1) is 11.3 Å². The Morgan fingerprint density at radius 1 is 1.00 bits per heavy atom. The lowest BCUT2D eigenvalue weighted by atomic mass is 10.1. The minimum absolute atomic E-state index is 0.0710. The second-order valence-electron chi connectivity index (χ2n) is 7.09. The number of nitrogens with zero attached hydrogens (tertiary/aromatic N) is 4. The number of hydrogen-bond acceptors (Lipinski definition) is 8. The Morgan fingerprint density at radius 2 is 1.79 bits per heavy atom. The van der Waals surface area contributed by atoms with E-state index in [0.29, 0.717) is 26.6 Å². The summed E-state index contributed by atoms with van der Waals surface area (Å²) in [5.74, 6) is -2.32. The van der Waals surface area contributed by atoms with Gasteiger partial charge in [0.25, 0.3) is 0 Å². The van der Waals surface area contributed by atoms with Crippen LogP contribution in [0, 0.1) is 18.6 Å². The number of benzene rings is 2. The highest BCUT2D eigenvalue weighted by Crippen LogP contribution is 2.38. The molecule has 0 fully saturated rings. The first-order valence-corrected chi connectivity index (χ1v) is 12.3. The molecule has 0 atom stereocenters. The summed E-state index contributed by atoms with van der Waals surface area (Å²) in [6, 6.07) is 15.8. The first-order chi connectivity index (χ1) is 16.5. The standard InChI is InChI=1S/C24H20F2N4O2S2/c1-15-13-19(30(31)34-14-16-7-4-3-5-8-16)20(25)21(26)22(15)32-23-17(9-6-11-27-23)18-10-12-28-24(29-18)33-2/h3-13,31H,14H2,1-2H3. The molecule has 2 heterocycles. The Hall–Kier alpha value is -3.21. The van der Waals surface area contributed by atoms with E-state index >= 15 is 4.39 Å². The number of aryl methyl sites for hydroxylation is 1. The molecule has 1 N–H and O–H groups in total. The van der Waals surface area contributed by atoms with Gasteiger partial charge in [-0.15, -0.1) is 0 Å². The van der Waals surface area contributed by atoms with Crippen molar-refractivity contribution in [1.29, 1.82) is 0 Å². The van der Waals surface area contributed by atoms with Crippen molar-refractivity contribution in [3.63, 3.8) is 0 Å². The van der Waals surface area contributed by atoms with Gasteiger partial charge in [-0.1, -0.05) is 42.1 Å². The summed E-state index contributed by atoms with van der Waals surface area (Å²) in [6.07, 6.45) is 4.95. The number of ether oxygens (including phenoxy) is 1.